The number of hydrogen-bond donors (Lipinski definition) is 0. The summed E-state index contributed by atoms with van der Waals surface area (Å²) in [7, 11) is 0. The molecule has 0 aliphatic heterocycles. The van der Waals surface area contributed by atoms with Crippen LogP contribution in [0.1, 0.15) is 16.8 Å². The molecule has 0 spiro atoms. The number of nitro groups is 1. The van der Waals surface area contributed by atoms with Crippen LogP contribution in [-0.2, 0) is 0 Å². The van der Waals surface area contributed by atoms with Gasteiger partial charge in [-0.3, -0.25) is 14.9 Å². The molecule has 0 heterocycles. The summed E-state index contributed by atoms with van der Waals surface area (Å²) in [5.41, 5.74) is -5.33. The number of Topliss-reactive ketones (excluding diaryl/α,β-unsaturated/α-hetero) is 1. The van der Waals surface area contributed by atoms with Gasteiger partial charge in [-0.1, -0.05) is 15.9 Å². The number of alkyl halides is 4. The molecule has 0 aliphatic rings. The summed E-state index contributed by atoms with van der Waals surface area (Å²) in [5, 5.41) is 11.1. The van der Waals surface area contributed by atoms with Gasteiger partial charge in [0.25, 0.3) is 5.69 Å². The monoisotopic (exact) mass is 357 g/mol. The first kappa shape index (κ1) is 16.0. The van der Waals surface area contributed by atoms with Crippen molar-refractivity contribution in [2.24, 2.45) is 0 Å². The highest BCUT2D eigenvalue weighted by atomic mass is 79.9. The number of hydrogen-bond acceptors (Lipinski definition) is 4. The van der Waals surface area contributed by atoms with Crippen LogP contribution in [0.15, 0.2) is 23.1 Å². The summed E-state index contributed by atoms with van der Waals surface area (Å²) in [6, 6.07) is 2.86. The predicted octanol–water partition coefficient (Wildman–Crippen LogP) is 4.17. The fraction of sp³-hybridized carbons (Fsp3) is 0.300. The molecule has 1 aromatic rings. The molecule has 1 rings (SSSR count). The predicted molar refractivity (Wildman–Crippen MR) is 67.7 cm³/mol. The summed E-state index contributed by atoms with van der Waals surface area (Å²) in [6.45, 7) is 0. The van der Waals surface area contributed by atoms with Crippen molar-refractivity contribution in [2.45, 2.75) is 16.8 Å². The normalized spacial score (nSPS) is 11.4. The highest BCUT2D eigenvalue weighted by Gasteiger charge is 2.31. The second-order valence-electron chi connectivity index (χ2n) is 3.35. The van der Waals surface area contributed by atoms with E-state index in [0.29, 0.717) is 5.33 Å². The van der Waals surface area contributed by atoms with E-state index in [-0.39, 0.29) is 16.9 Å². The lowest BCUT2D eigenvalue weighted by Gasteiger charge is -2.07. The van der Waals surface area contributed by atoms with E-state index in [1.807, 2.05) is 0 Å². The number of thioether (sulfide) groups is 1. The number of benzene rings is 1. The number of ketones is 1. The van der Waals surface area contributed by atoms with Crippen molar-refractivity contribution >= 4 is 39.2 Å². The molecule has 19 heavy (non-hydrogen) atoms. The summed E-state index contributed by atoms with van der Waals surface area (Å²) in [5.74, 6) is -0.493. The van der Waals surface area contributed by atoms with E-state index in [1.165, 1.54) is 0 Å². The average Bonchev–Trinajstić information content (AvgIpc) is 2.26. The van der Waals surface area contributed by atoms with Crippen molar-refractivity contribution in [1.82, 2.24) is 0 Å². The van der Waals surface area contributed by atoms with E-state index in [2.05, 4.69) is 15.9 Å². The molecule has 0 saturated carbocycles. The van der Waals surface area contributed by atoms with Gasteiger partial charge in [0.15, 0.2) is 5.78 Å². The number of nitro benzene ring substituents is 1. The van der Waals surface area contributed by atoms with Crippen LogP contribution in [0.25, 0.3) is 0 Å². The van der Waals surface area contributed by atoms with E-state index in [4.69, 9.17) is 0 Å². The van der Waals surface area contributed by atoms with Gasteiger partial charge < -0.3 is 0 Å². The molecule has 0 saturated heterocycles. The van der Waals surface area contributed by atoms with Crippen LogP contribution in [-0.4, -0.2) is 21.5 Å². The highest BCUT2D eigenvalue weighted by molar-refractivity contribution is 9.09. The third-order valence-corrected chi connectivity index (χ3v) is 3.14. The molecular weight excluding hydrogens is 351 g/mol. The van der Waals surface area contributed by atoms with Gasteiger partial charge in [0.05, 0.1) is 10.5 Å². The molecule has 0 unspecified atom stereocenters. The van der Waals surface area contributed by atoms with Crippen molar-refractivity contribution in [3.63, 3.8) is 0 Å². The third-order valence-electron chi connectivity index (χ3n) is 2.02. The van der Waals surface area contributed by atoms with Gasteiger partial charge in [-0.25, -0.2) is 0 Å². The summed E-state index contributed by atoms with van der Waals surface area (Å²) >= 11 is 2.56. The zero-order valence-corrected chi connectivity index (χ0v) is 11.6. The third kappa shape index (κ3) is 4.83. The minimum atomic E-state index is -4.53. The summed E-state index contributed by atoms with van der Waals surface area (Å²) < 4.78 is 36.5. The number of rotatable bonds is 5. The molecule has 9 heteroatoms. The topological polar surface area (TPSA) is 60.2 Å². The first-order chi connectivity index (χ1) is 8.74. The number of carbonyl (C=O) groups is 1. The molecule has 0 aliphatic carbocycles. The Morgan fingerprint density at radius 2 is 2.05 bits per heavy atom. The Morgan fingerprint density at radius 1 is 1.42 bits per heavy atom. The Morgan fingerprint density at radius 3 is 2.53 bits per heavy atom. The van der Waals surface area contributed by atoms with Crippen LogP contribution in [0.5, 0.6) is 0 Å². The molecule has 0 atom stereocenters. The lowest BCUT2D eigenvalue weighted by Crippen LogP contribution is -2.05. The van der Waals surface area contributed by atoms with Gasteiger partial charge in [0, 0.05) is 22.7 Å². The van der Waals surface area contributed by atoms with E-state index in [9.17, 15) is 28.1 Å². The van der Waals surface area contributed by atoms with Gasteiger partial charge >= 0.3 is 5.51 Å². The lowest BCUT2D eigenvalue weighted by molar-refractivity contribution is -0.385. The Bertz CT molecular complexity index is 507. The van der Waals surface area contributed by atoms with Gasteiger partial charge in [0.1, 0.15) is 0 Å². The second-order valence-corrected chi connectivity index (χ2v) is 5.28. The van der Waals surface area contributed by atoms with Crippen LogP contribution in [0.3, 0.4) is 0 Å². The van der Waals surface area contributed by atoms with Crippen LogP contribution in [0.4, 0.5) is 18.9 Å². The van der Waals surface area contributed by atoms with Crippen molar-refractivity contribution in [3.8, 4) is 0 Å². The molecule has 1 aromatic carbocycles. The zero-order valence-electron chi connectivity index (χ0n) is 9.24. The van der Waals surface area contributed by atoms with Gasteiger partial charge in [0.2, 0.25) is 0 Å². The van der Waals surface area contributed by atoms with Crippen LogP contribution in [0, 0.1) is 10.1 Å². The van der Waals surface area contributed by atoms with Crippen LogP contribution >= 0.6 is 27.7 Å². The second kappa shape index (κ2) is 6.38. The first-order valence-corrected chi connectivity index (χ1v) is 6.81. The fourth-order valence-corrected chi connectivity index (χ4v) is 2.25. The van der Waals surface area contributed by atoms with Crippen molar-refractivity contribution in [1.29, 1.82) is 0 Å². The average molecular weight is 358 g/mol. The summed E-state index contributed by atoms with van der Waals surface area (Å²) in [4.78, 5) is 21.2. The van der Waals surface area contributed by atoms with Crippen LogP contribution in [0.2, 0.25) is 0 Å². The molecule has 0 fully saturated rings. The molecule has 0 radical (unpaired) electrons. The minimum absolute atomic E-state index is 0.0343. The SMILES string of the molecule is O=C(CCBr)c1ccc(SC(F)(F)F)cc1[N+](=O)[O-]. The molecule has 0 aromatic heterocycles. The van der Waals surface area contributed by atoms with E-state index in [1.54, 1.807) is 0 Å². The zero-order chi connectivity index (χ0) is 14.6. The number of nitrogens with zero attached hydrogens (tertiary/aromatic N) is 1. The largest absolute Gasteiger partial charge is 0.446 e. The summed E-state index contributed by atoms with van der Waals surface area (Å²) in [6.07, 6.45) is 0.0343. The molecule has 0 N–H and O–H groups in total. The Hall–Kier alpha value is -1.09. The van der Waals surface area contributed by atoms with Gasteiger partial charge in [-0.15, -0.1) is 0 Å². The molecule has 0 bridgehead atoms. The lowest BCUT2D eigenvalue weighted by atomic mass is 10.1. The maximum atomic E-state index is 12.2. The first-order valence-electron chi connectivity index (χ1n) is 4.88. The Kier molecular flexibility index (Phi) is 5.36. The Balaban J connectivity index is 3.15. The number of halogens is 4. The van der Waals surface area contributed by atoms with Crippen LogP contribution < -0.4 is 0 Å². The van der Waals surface area contributed by atoms with E-state index in [0.717, 1.165) is 18.2 Å². The maximum absolute atomic E-state index is 12.2. The van der Waals surface area contributed by atoms with Crippen molar-refractivity contribution in [2.75, 3.05) is 5.33 Å². The molecule has 0 amide bonds. The van der Waals surface area contributed by atoms with E-state index < -0.39 is 33.7 Å². The molecule has 4 nitrogen and oxygen atoms in total. The Labute approximate surface area is 118 Å². The maximum Gasteiger partial charge on any atom is 0.446 e. The highest BCUT2D eigenvalue weighted by Crippen LogP contribution is 2.38. The van der Waals surface area contributed by atoms with Crippen molar-refractivity contribution in [3.05, 3.63) is 33.9 Å². The quantitative estimate of drug-likeness (QED) is 0.261. The van der Waals surface area contributed by atoms with Crippen molar-refractivity contribution < 1.29 is 22.9 Å². The van der Waals surface area contributed by atoms with Gasteiger partial charge in [-0.05, 0) is 23.9 Å². The van der Waals surface area contributed by atoms with E-state index >= 15 is 0 Å². The molecule has 104 valence electrons. The number of carbonyl (C=O) groups excluding carboxylic acids is 1. The molecular formula is C10H7BrF3NO3S. The standard InChI is InChI=1S/C10H7BrF3NO3S/c11-4-3-9(16)7-2-1-6(19-10(12,13)14)5-8(7)15(17)18/h1-2,5H,3-4H2. The minimum Gasteiger partial charge on any atom is -0.294 e. The smallest absolute Gasteiger partial charge is 0.294 e. The fourth-order valence-electron chi connectivity index (χ4n) is 1.32. The van der Waals surface area contributed by atoms with Gasteiger partial charge in [-0.2, -0.15) is 13.2 Å².